The van der Waals surface area contributed by atoms with Crippen molar-refractivity contribution in [3.05, 3.63) is 59.4 Å². The molecule has 0 aromatic heterocycles. The maximum atomic E-state index is 13.2. The van der Waals surface area contributed by atoms with Gasteiger partial charge in [0.05, 0.1) is 6.42 Å². The van der Waals surface area contributed by atoms with Crippen LogP contribution in [0.4, 0.5) is 10.1 Å². The average Bonchev–Trinajstić information content (AvgIpc) is 2.41. The predicted octanol–water partition coefficient (Wildman–Crippen LogP) is 3.33. The lowest BCUT2D eigenvalue weighted by Crippen LogP contribution is -2.03. The van der Waals surface area contributed by atoms with Gasteiger partial charge in [-0.2, -0.15) is 0 Å². The number of aliphatic carboxylic acids is 1. The summed E-state index contributed by atoms with van der Waals surface area (Å²) in [7, 11) is 0. The van der Waals surface area contributed by atoms with Crippen LogP contribution in [0.25, 0.3) is 0 Å². The number of nitrogen functional groups attached to an aromatic ring is 1. The Morgan fingerprint density at radius 1 is 1.20 bits per heavy atom. The van der Waals surface area contributed by atoms with Crippen molar-refractivity contribution >= 4 is 23.4 Å². The molecular weight excluding hydrogens is 277 g/mol. The highest BCUT2D eigenvalue weighted by molar-refractivity contribution is 7.98. The van der Waals surface area contributed by atoms with Crippen LogP contribution < -0.4 is 5.73 Å². The topological polar surface area (TPSA) is 63.3 Å². The first-order valence-corrected chi connectivity index (χ1v) is 7.01. The first-order chi connectivity index (χ1) is 9.56. The van der Waals surface area contributed by atoms with Gasteiger partial charge in [-0.1, -0.05) is 24.3 Å². The van der Waals surface area contributed by atoms with Crippen LogP contribution in [0.5, 0.6) is 0 Å². The number of carboxylic acid groups (broad SMARTS) is 1. The third-order valence-electron chi connectivity index (χ3n) is 2.82. The molecular formula is C15H14FNO2S. The van der Waals surface area contributed by atoms with Crippen molar-refractivity contribution in [1.29, 1.82) is 0 Å². The van der Waals surface area contributed by atoms with Gasteiger partial charge in [0.1, 0.15) is 5.82 Å². The molecule has 0 aliphatic carbocycles. The zero-order valence-corrected chi connectivity index (χ0v) is 11.5. The molecule has 2 rings (SSSR count). The van der Waals surface area contributed by atoms with E-state index >= 15 is 0 Å². The number of benzene rings is 2. The molecule has 0 aliphatic heterocycles. The van der Waals surface area contributed by atoms with Gasteiger partial charge in [-0.3, -0.25) is 4.79 Å². The van der Waals surface area contributed by atoms with Gasteiger partial charge in [0.25, 0.3) is 0 Å². The third-order valence-corrected chi connectivity index (χ3v) is 3.94. The van der Waals surface area contributed by atoms with Crippen LogP contribution in [0, 0.1) is 5.82 Å². The molecule has 0 radical (unpaired) electrons. The average molecular weight is 291 g/mol. The number of anilines is 1. The van der Waals surface area contributed by atoms with Crippen LogP contribution >= 0.6 is 11.8 Å². The second kappa shape index (κ2) is 6.43. The Bertz CT molecular complexity index is 631. The molecule has 0 bridgehead atoms. The van der Waals surface area contributed by atoms with E-state index in [1.165, 1.54) is 30.0 Å². The van der Waals surface area contributed by atoms with Gasteiger partial charge in [0.15, 0.2) is 0 Å². The molecule has 3 nitrogen and oxygen atoms in total. The van der Waals surface area contributed by atoms with E-state index in [1.807, 2.05) is 18.2 Å². The fourth-order valence-electron chi connectivity index (χ4n) is 1.82. The van der Waals surface area contributed by atoms with Crippen molar-refractivity contribution in [3.8, 4) is 0 Å². The lowest BCUT2D eigenvalue weighted by Gasteiger charge is -2.09. The Morgan fingerprint density at radius 3 is 2.60 bits per heavy atom. The number of halogens is 1. The van der Waals surface area contributed by atoms with Crippen molar-refractivity contribution in [2.45, 2.75) is 17.1 Å². The highest BCUT2D eigenvalue weighted by Crippen LogP contribution is 2.29. The van der Waals surface area contributed by atoms with E-state index in [0.29, 0.717) is 16.3 Å². The van der Waals surface area contributed by atoms with Crippen LogP contribution in [0.3, 0.4) is 0 Å². The second-order valence-electron chi connectivity index (χ2n) is 4.31. The third kappa shape index (κ3) is 3.74. The van der Waals surface area contributed by atoms with Crippen LogP contribution in [0.1, 0.15) is 11.1 Å². The minimum absolute atomic E-state index is 0.0185. The van der Waals surface area contributed by atoms with E-state index in [1.54, 1.807) is 6.07 Å². The van der Waals surface area contributed by atoms with Gasteiger partial charge < -0.3 is 10.8 Å². The van der Waals surface area contributed by atoms with Gasteiger partial charge in [-0.15, -0.1) is 11.8 Å². The summed E-state index contributed by atoms with van der Waals surface area (Å²) in [6.07, 6.45) is -0.0185. The summed E-state index contributed by atoms with van der Waals surface area (Å²) in [5.74, 6) is -0.648. The lowest BCUT2D eigenvalue weighted by atomic mass is 10.1. The van der Waals surface area contributed by atoms with Crippen LogP contribution in [0.2, 0.25) is 0 Å². The zero-order valence-electron chi connectivity index (χ0n) is 10.7. The monoisotopic (exact) mass is 291 g/mol. The molecule has 0 fully saturated rings. The maximum absolute atomic E-state index is 13.2. The van der Waals surface area contributed by atoms with E-state index in [-0.39, 0.29) is 12.2 Å². The number of carboxylic acids is 1. The Morgan fingerprint density at radius 2 is 1.90 bits per heavy atom. The SMILES string of the molecule is Nc1ccc(F)cc1SCc1ccccc1CC(=O)O. The summed E-state index contributed by atoms with van der Waals surface area (Å²) >= 11 is 1.40. The fourth-order valence-corrected chi connectivity index (χ4v) is 2.85. The number of hydrogen-bond donors (Lipinski definition) is 2. The van der Waals surface area contributed by atoms with Gasteiger partial charge in [0.2, 0.25) is 0 Å². The number of thioether (sulfide) groups is 1. The highest BCUT2D eigenvalue weighted by atomic mass is 32.2. The summed E-state index contributed by atoms with van der Waals surface area (Å²) in [4.78, 5) is 11.5. The van der Waals surface area contributed by atoms with Gasteiger partial charge in [-0.05, 0) is 29.3 Å². The summed E-state index contributed by atoms with van der Waals surface area (Å²) in [6, 6.07) is 11.6. The van der Waals surface area contributed by atoms with Crippen molar-refractivity contribution in [2.75, 3.05) is 5.73 Å². The van der Waals surface area contributed by atoms with E-state index in [2.05, 4.69) is 0 Å². The molecule has 2 aromatic carbocycles. The normalized spacial score (nSPS) is 10.4. The smallest absolute Gasteiger partial charge is 0.307 e. The first-order valence-electron chi connectivity index (χ1n) is 6.02. The molecule has 0 saturated carbocycles. The van der Waals surface area contributed by atoms with E-state index in [0.717, 1.165) is 11.1 Å². The van der Waals surface area contributed by atoms with E-state index in [4.69, 9.17) is 10.8 Å². The van der Waals surface area contributed by atoms with E-state index < -0.39 is 5.97 Å². The molecule has 0 spiro atoms. The minimum atomic E-state index is -0.868. The molecule has 0 heterocycles. The fraction of sp³-hybridized carbons (Fsp3) is 0.133. The van der Waals surface area contributed by atoms with Gasteiger partial charge in [-0.25, -0.2) is 4.39 Å². The second-order valence-corrected chi connectivity index (χ2v) is 5.33. The summed E-state index contributed by atoms with van der Waals surface area (Å²) in [5.41, 5.74) is 8.00. The Hall–Kier alpha value is -2.01. The zero-order chi connectivity index (χ0) is 14.5. The molecule has 2 aromatic rings. The van der Waals surface area contributed by atoms with Crippen LogP contribution in [-0.2, 0) is 17.0 Å². The van der Waals surface area contributed by atoms with Gasteiger partial charge in [0, 0.05) is 16.3 Å². The largest absolute Gasteiger partial charge is 0.481 e. The van der Waals surface area contributed by atoms with Crippen molar-refractivity contribution < 1.29 is 14.3 Å². The molecule has 104 valence electrons. The summed E-state index contributed by atoms with van der Waals surface area (Å²) in [5, 5.41) is 8.88. The molecule has 0 unspecified atom stereocenters. The Kier molecular flexibility index (Phi) is 4.63. The Balaban J connectivity index is 2.14. The molecule has 0 atom stereocenters. The van der Waals surface area contributed by atoms with Crippen LogP contribution in [0.15, 0.2) is 47.4 Å². The standard InChI is InChI=1S/C15H14FNO2S/c16-12-5-6-13(17)14(8-12)20-9-11-4-2-1-3-10(11)7-15(18)19/h1-6,8H,7,9,17H2,(H,18,19). The number of carbonyl (C=O) groups is 1. The quantitative estimate of drug-likeness (QED) is 0.655. The summed E-state index contributed by atoms with van der Waals surface area (Å²) < 4.78 is 13.2. The molecule has 0 aliphatic rings. The highest BCUT2D eigenvalue weighted by Gasteiger charge is 2.08. The minimum Gasteiger partial charge on any atom is -0.481 e. The molecule has 3 N–H and O–H groups in total. The van der Waals surface area contributed by atoms with Crippen LogP contribution in [-0.4, -0.2) is 11.1 Å². The summed E-state index contributed by atoms with van der Waals surface area (Å²) in [6.45, 7) is 0. The number of hydrogen-bond acceptors (Lipinski definition) is 3. The Labute approximate surface area is 120 Å². The van der Waals surface area contributed by atoms with Gasteiger partial charge >= 0.3 is 5.97 Å². The molecule has 5 heteroatoms. The predicted molar refractivity (Wildman–Crippen MR) is 78.2 cm³/mol. The van der Waals surface area contributed by atoms with E-state index in [9.17, 15) is 9.18 Å². The first kappa shape index (κ1) is 14.4. The number of rotatable bonds is 5. The number of nitrogens with two attached hydrogens (primary N) is 1. The van der Waals surface area contributed by atoms with Crippen molar-refractivity contribution in [2.24, 2.45) is 0 Å². The van der Waals surface area contributed by atoms with Crippen molar-refractivity contribution in [3.63, 3.8) is 0 Å². The lowest BCUT2D eigenvalue weighted by molar-refractivity contribution is -0.136. The molecule has 20 heavy (non-hydrogen) atoms. The molecule has 0 saturated heterocycles. The molecule has 0 amide bonds. The van der Waals surface area contributed by atoms with Crippen molar-refractivity contribution in [1.82, 2.24) is 0 Å². The maximum Gasteiger partial charge on any atom is 0.307 e.